The van der Waals surface area contributed by atoms with Crippen LogP contribution in [-0.4, -0.2) is 105 Å². The number of hydrogen-bond donors (Lipinski definition) is 0. The van der Waals surface area contributed by atoms with Gasteiger partial charge in [-0.3, -0.25) is 0 Å². The van der Waals surface area contributed by atoms with Gasteiger partial charge in [-0.15, -0.1) is 0 Å². The van der Waals surface area contributed by atoms with Crippen LogP contribution < -0.4 is 0 Å². The van der Waals surface area contributed by atoms with E-state index in [1.807, 2.05) is 13.8 Å². The molecule has 2 aliphatic heterocycles. The van der Waals surface area contributed by atoms with Crippen molar-refractivity contribution < 1.29 is 37.9 Å². The van der Waals surface area contributed by atoms with Crippen LogP contribution in [0.5, 0.6) is 0 Å². The van der Waals surface area contributed by atoms with E-state index in [1.54, 1.807) is 14.2 Å². The number of hydrogen-bond acceptors (Lipinski definition) is 8. The van der Waals surface area contributed by atoms with Crippen molar-refractivity contribution in [2.24, 2.45) is 5.41 Å². The van der Waals surface area contributed by atoms with Crippen molar-refractivity contribution >= 4 is 0 Å². The number of methoxy groups -OCH3 is 2. The standard InChI is InChI=1S/C19H36O8/c1-15(20-3)5-22-11-19(12-23-6-16(2)21-4,13-24-7-17-9-26-17)14-25-8-18-10-27-18/h15-18H,5-14H2,1-4H3. The maximum Gasteiger partial charge on any atom is 0.104 e. The Morgan fingerprint density at radius 3 is 1.44 bits per heavy atom. The predicted octanol–water partition coefficient (Wildman–Crippen LogP) is 0.907. The van der Waals surface area contributed by atoms with Crippen molar-refractivity contribution in [3.63, 3.8) is 0 Å². The van der Waals surface area contributed by atoms with Crippen LogP contribution >= 0.6 is 0 Å². The zero-order chi connectivity index (χ0) is 19.5. The van der Waals surface area contributed by atoms with Gasteiger partial charge in [0.05, 0.1) is 83.7 Å². The molecular weight excluding hydrogens is 356 g/mol. The average Bonchev–Trinajstić information content (AvgIpc) is 3.56. The Kier molecular flexibility index (Phi) is 10.4. The molecule has 0 spiro atoms. The number of epoxide rings is 2. The first-order chi connectivity index (χ1) is 13.1. The molecule has 2 aliphatic rings. The smallest absolute Gasteiger partial charge is 0.104 e. The van der Waals surface area contributed by atoms with E-state index in [2.05, 4.69) is 0 Å². The van der Waals surface area contributed by atoms with Gasteiger partial charge in [-0.25, -0.2) is 0 Å². The van der Waals surface area contributed by atoms with Gasteiger partial charge in [0.1, 0.15) is 12.2 Å². The minimum atomic E-state index is -0.412. The lowest BCUT2D eigenvalue weighted by Crippen LogP contribution is -2.43. The van der Waals surface area contributed by atoms with E-state index in [0.717, 1.165) is 13.2 Å². The van der Waals surface area contributed by atoms with E-state index in [0.29, 0.717) is 52.9 Å². The Morgan fingerprint density at radius 2 is 1.11 bits per heavy atom. The van der Waals surface area contributed by atoms with Crippen LogP contribution in [0.1, 0.15) is 13.8 Å². The van der Waals surface area contributed by atoms with Crippen LogP contribution in [0.25, 0.3) is 0 Å². The molecule has 4 atom stereocenters. The van der Waals surface area contributed by atoms with Crippen LogP contribution in [0.4, 0.5) is 0 Å². The van der Waals surface area contributed by atoms with Crippen molar-refractivity contribution in [1.29, 1.82) is 0 Å². The van der Waals surface area contributed by atoms with Crippen molar-refractivity contribution in [3.8, 4) is 0 Å². The average molecular weight is 392 g/mol. The summed E-state index contributed by atoms with van der Waals surface area (Å²) in [5.74, 6) is 0. The summed E-state index contributed by atoms with van der Waals surface area (Å²) in [5, 5.41) is 0. The highest BCUT2D eigenvalue weighted by atomic mass is 16.6. The monoisotopic (exact) mass is 392 g/mol. The lowest BCUT2D eigenvalue weighted by molar-refractivity contribution is -0.123. The van der Waals surface area contributed by atoms with Crippen LogP contribution in [-0.2, 0) is 37.9 Å². The van der Waals surface area contributed by atoms with Gasteiger partial charge in [-0.2, -0.15) is 0 Å². The normalized spacial score (nSPS) is 25.8. The molecule has 4 unspecified atom stereocenters. The second kappa shape index (κ2) is 12.3. The molecule has 2 fully saturated rings. The van der Waals surface area contributed by atoms with Gasteiger partial charge in [0.25, 0.3) is 0 Å². The van der Waals surface area contributed by atoms with E-state index in [4.69, 9.17) is 37.9 Å². The Bertz CT molecular complexity index is 350. The Balaban J connectivity index is 1.87. The van der Waals surface area contributed by atoms with Gasteiger partial charge in [0.2, 0.25) is 0 Å². The van der Waals surface area contributed by atoms with E-state index < -0.39 is 5.41 Å². The molecule has 0 aliphatic carbocycles. The Morgan fingerprint density at radius 1 is 0.741 bits per heavy atom. The summed E-state index contributed by atoms with van der Waals surface area (Å²) >= 11 is 0. The van der Waals surface area contributed by atoms with E-state index in [-0.39, 0.29) is 24.4 Å². The third-order valence-corrected chi connectivity index (χ3v) is 4.56. The molecule has 0 amide bonds. The Labute approximate surface area is 162 Å². The molecule has 0 aromatic carbocycles. The van der Waals surface area contributed by atoms with Gasteiger partial charge in [0.15, 0.2) is 0 Å². The molecule has 2 rings (SSSR count). The van der Waals surface area contributed by atoms with E-state index >= 15 is 0 Å². The lowest BCUT2D eigenvalue weighted by atomic mass is 9.92. The molecule has 0 bridgehead atoms. The first-order valence-electron chi connectivity index (χ1n) is 9.66. The Hall–Kier alpha value is -0.320. The highest BCUT2D eigenvalue weighted by Crippen LogP contribution is 2.23. The predicted molar refractivity (Wildman–Crippen MR) is 98.1 cm³/mol. The molecule has 2 saturated heterocycles. The minimum absolute atomic E-state index is 0.0266. The molecule has 160 valence electrons. The van der Waals surface area contributed by atoms with Crippen molar-refractivity contribution in [2.75, 3.05) is 80.3 Å². The number of ether oxygens (including phenoxy) is 8. The molecule has 0 radical (unpaired) electrons. The van der Waals surface area contributed by atoms with Gasteiger partial charge in [-0.1, -0.05) is 0 Å². The van der Waals surface area contributed by atoms with Crippen LogP contribution in [0.2, 0.25) is 0 Å². The highest BCUT2D eigenvalue weighted by molar-refractivity contribution is 4.81. The minimum Gasteiger partial charge on any atom is -0.379 e. The zero-order valence-electron chi connectivity index (χ0n) is 17.1. The summed E-state index contributed by atoms with van der Waals surface area (Å²) in [5.41, 5.74) is -0.412. The second-order valence-electron chi connectivity index (χ2n) is 7.56. The summed E-state index contributed by atoms with van der Waals surface area (Å²) in [6.45, 7) is 9.51. The molecule has 2 heterocycles. The van der Waals surface area contributed by atoms with Gasteiger partial charge < -0.3 is 37.9 Å². The van der Waals surface area contributed by atoms with Crippen LogP contribution in [0.15, 0.2) is 0 Å². The molecule has 0 N–H and O–H groups in total. The largest absolute Gasteiger partial charge is 0.379 e. The molecule has 0 saturated carbocycles. The summed E-state index contributed by atoms with van der Waals surface area (Å²) < 4.78 is 44.6. The molecule has 8 nitrogen and oxygen atoms in total. The fourth-order valence-corrected chi connectivity index (χ4v) is 2.41. The second-order valence-corrected chi connectivity index (χ2v) is 7.56. The summed E-state index contributed by atoms with van der Waals surface area (Å²) in [7, 11) is 3.35. The van der Waals surface area contributed by atoms with Crippen molar-refractivity contribution in [1.82, 2.24) is 0 Å². The fourth-order valence-electron chi connectivity index (χ4n) is 2.41. The van der Waals surface area contributed by atoms with Crippen LogP contribution in [0, 0.1) is 5.41 Å². The molecule has 0 aromatic heterocycles. The topological polar surface area (TPSA) is 80.4 Å². The van der Waals surface area contributed by atoms with Crippen molar-refractivity contribution in [3.05, 3.63) is 0 Å². The summed E-state index contributed by atoms with van der Waals surface area (Å²) in [6.07, 6.45) is 0.483. The molecule has 8 heteroatoms. The van der Waals surface area contributed by atoms with Crippen molar-refractivity contribution in [2.45, 2.75) is 38.3 Å². The maximum atomic E-state index is 5.92. The van der Waals surface area contributed by atoms with E-state index in [1.165, 1.54) is 0 Å². The summed E-state index contributed by atoms with van der Waals surface area (Å²) in [6, 6.07) is 0. The molecule has 0 aromatic rings. The molecule has 27 heavy (non-hydrogen) atoms. The zero-order valence-corrected chi connectivity index (χ0v) is 17.1. The SMILES string of the molecule is COC(C)COCC(COCC(C)OC)(COCC1CO1)COCC1CO1. The van der Waals surface area contributed by atoms with Gasteiger partial charge in [-0.05, 0) is 13.8 Å². The fraction of sp³-hybridized carbons (Fsp3) is 1.00. The maximum absolute atomic E-state index is 5.92. The van der Waals surface area contributed by atoms with E-state index in [9.17, 15) is 0 Å². The third kappa shape index (κ3) is 10.1. The van der Waals surface area contributed by atoms with Crippen LogP contribution in [0.3, 0.4) is 0 Å². The highest BCUT2D eigenvalue weighted by Gasteiger charge is 2.35. The first-order valence-corrected chi connectivity index (χ1v) is 9.66. The molecular formula is C19H36O8. The third-order valence-electron chi connectivity index (χ3n) is 4.56. The number of rotatable bonds is 18. The van der Waals surface area contributed by atoms with Gasteiger partial charge >= 0.3 is 0 Å². The summed E-state index contributed by atoms with van der Waals surface area (Å²) in [4.78, 5) is 0. The van der Waals surface area contributed by atoms with Gasteiger partial charge in [0, 0.05) is 14.2 Å². The first kappa shape index (κ1) is 23.0. The lowest BCUT2D eigenvalue weighted by Gasteiger charge is -2.33. The quantitative estimate of drug-likeness (QED) is 0.319.